The van der Waals surface area contributed by atoms with Crippen LogP contribution in [-0.2, 0) is 22.5 Å². The van der Waals surface area contributed by atoms with Crippen LogP contribution in [0, 0.1) is 10.1 Å². The number of aromatic nitrogens is 3. The minimum atomic E-state index is -0.429. The van der Waals surface area contributed by atoms with Crippen molar-refractivity contribution in [2.45, 2.75) is 19.4 Å². The molecule has 0 amide bonds. The van der Waals surface area contributed by atoms with E-state index in [1.807, 2.05) is 36.5 Å². The monoisotopic (exact) mass is 392 g/mol. The first kappa shape index (κ1) is 19.9. The molecule has 2 aromatic carbocycles. The third kappa shape index (κ3) is 6.39. The Bertz CT molecular complexity index is 981. The van der Waals surface area contributed by atoms with Crippen LogP contribution < -0.4 is 0 Å². The minimum absolute atomic E-state index is 0.0567. The van der Waals surface area contributed by atoms with Gasteiger partial charge in [0.25, 0.3) is 5.69 Å². The normalized spacial score (nSPS) is 10.9. The molecule has 0 bridgehead atoms. The van der Waals surface area contributed by atoms with Gasteiger partial charge in [0.15, 0.2) is 0 Å². The summed E-state index contributed by atoms with van der Waals surface area (Å²) >= 11 is 0. The van der Waals surface area contributed by atoms with E-state index in [-0.39, 0.29) is 11.7 Å². The Morgan fingerprint density at radius 3 is 2.62 bits per heavy atom. The highest BCUT2D eigenvalue weighted by Crippen LogP contribution is 2.13. The SMILES string of the molecule is O=C(/C=C/c1ccccc1)OCCCc1cn(Cc2ccc([N+](=O)[O-])cc2)nn1. The van der Waals surface area contributed by atoms with E-state index in [0.29, 0.717) is 26.0 Å². The van der Waals surface area contributed by atoms with Gasteiger partial charge in [-0.25, -0.2) is 9.48 Å². The molecule has 1 aromatic heterocycles. The Morgan fingerprint density at radius 1 is 1.14 bits per heavy atom. The van der Waals surface area contributed by atoms with Crippen molar-refractivity contribution in [3.05, 3.63) is 93.8 Å². The standard InChI is InChI=1S/C21H20N4O4/c26-21(13-10-17-5-2-1-3-6-17)29-14-4-7-19-16-24(23-22-19)15-18-8-11-20(12-9-18)25(27)28/h1-3,5-6,8-13,16H,4,7,14-15H2/b13-10+. The molecule has 0 aliphatic heterocycles. The van der Waals surface area contributed by atoms with Crippen LogP contribution in [0.2, 0.25) is 0 Å². The van der Waals surface area contributed by atoms with Crippen LogP contribution in [0.15, 0.2) is 66.9 Å². The van der Waals surface area contributed by atoms with Crippen LogP contribution in [-0.4, -0.2) is 32.5 Å². The number of carbonyl (C=O) groups excluding carboxylic acids is 1. The number of esters is 1. The summed E-state index contributed by atoms with van der Waals surface area (Å²) in [7, 11) is 0. The smallest absolute Gasteiger partial charge is 0.330 e. The maximum absolute atomic E-state index is 11.7. The molecule has 0 N–H and O–H groups in total. The molecule has 0 fully saturated rings. The number of benzene rings is 2. The second-order valence-corrected chi connectivity index (χ2v) is 6.35. The van der Waals surface area contributed by atoms with Gasteiger partial charge in [-0.2, -0.15) is 0 Å². The molecular formula is C21H20N4O4. The van der Waals surface area contributed by atoms with Crippen molar-refractivity contribution >= 4 is 17.7 Å². The van der Waals surface area contributed by atoms with Crippen molar-refractivity contribution in [3.63, 3.8) is 0 Å². The molecule has 0 saturated heterocycles. The Kier molecular flexibility index (Phi) is 6.83. The molecule has 29 heavy (non-hydrogen) atoms. The number of non-ortho nitro benzene ring substituents is 1. The molecular weight excluding hydrogens is 372 g/mol. The molecule has 0 spiro atoms. The van der Waals surface area contributed by atoms with Gasteiger partial charge in [-0.1, -0.05) is 47.7 Å². The van der Waals surface area contributed by atoms with Gasteiger partial charge in [0.2, 0.25) is 0 Å². The number of ether oxygens (including phenoxy) is 1. The van der Waals surface area contributed by atoms with Crippen LogP contribution in [0.5, 0.6) is 0 Å². The summed E-state index contributed by atoms with van der Waals surface area (Å²) in [6.45, 7) is 0.775. The van der Waals surface area contributed by atoms with Crippen molar-refractivity contribution in [1.29, 1.82) is 0 Å². The lowest BCUT2D eigenvalue weighted by Gasteiger charge is -2.01. The molecule has 1 heterocycles. The van der Waals surface area contributed by atoms with Gasteiger partial charge in [0, 0.05) is 24.4 Å². The van der Waals surface area contributed by atoms with Crippen LogP contribution >= 0.6 is 0 Å². The molecule has 0 atom stereocenters. The molecule has 8 heteroatoms. The first-order valence-electron chi connectivity index (χ1n) is 9.12. The van der Waals surface area contributed by atoms with Crippen molar-refractivity contribution in [2.24, 2.45) is 0 Å². The second-order valence-electron chi connectivity index (χ2n) is 6.35. The number of hydrogen-bond acceptors (Lipinski definition) is 6. The molecule has 0 aliphatic carbocycles. The van der Waals surface area contributed by atoms with E-state index in [9.17, 15) is 14.9 Å². The van der Waals surface area contributed by atoms with Gasteiger partial charge in [-0.3, -0.25) is 10.1 Å². The Balaban J connectivity index is 1.39. The zero-order chi connectivity index (χ0) is 20.5. The van der Waals surface area contributed by atoms with Crippen molar-refractivity contribution in [1.82, 2.24) is 15.0 Å². The van der Waals surface area contributed by atoms with E-state index in [1.165, 1.54) is 18.2 Å². The summed E-state index contributed by atoms with van der Waals surface area (Å²) in [6.07, 6.45) is 6.22. The maximum Gasteiger partial charge on any atom is 0.330 e. The average molecular weight is 392 g/mol. The van der Waals surface area contributed by atoms with Gasteiger partial charge in [-0.05, 0) is 30.0 Å². The van der Waals surface area contributed by atoms with Gasteiger partial charge >= 0.3 is 5.97 Å². The first-order valence-corrected chi connectivity index (χ1v) is 9.12. The Morgan fingerprint density at radius 2 is 1.90 bits per heavy atom. The maximum atomic E-state index is 11.7. The number of carbonyl (C=O) groups is 1. The van der Waals surface area contributed by atoms with Crippen molar-refractivity contribution in [2.75, 3.05) is 6.61 Å². The third-order valence-corrected chi connectivity index (χ3v) is 4.11. The van der Waals surface area contributed by atoms with E-state index >= 15 is 0 Å². The molecule has 0 unspecified atom stereocenters. The number of nitro groups is 1. The number of nitro benzene ring substituents is 1. The fraction of sp³-hybridized carbons (Fsp3) is 0.190. The summed E-state index contributed by atoms with van der Waals surface area (Å²) in [5.74, 6) is -0.379. The minimum Gasteiger partial charge on any atom is -0.463 e. The van der Waals surface area contributed by atoms with E-state index in [1.54, 1.807) is 22.9 Å². The number of aryl methyl sites for hydroxylation is 1. The lowest BCUT2D eigenvalue weighted by atomic mass is 10.2. The van der Waals surface area contributed by atoms with Gasteiger partial charge in [0.1, 0.15) is 0 Å². The topological polar surface area (TPSA) is 100 Å². The molecule has 0 radical (unpaired) electrons. The predicted octanol–water partition coefficient (Wildman–Crippen LogP) is 3.42. The van der Waals surface area contributed by atoms with E-state index in [4.69, 9.17) is 4.74 Å². The lowest BCUT2D eigenvalue weighted by molar-refractivity contribution is -0.384. The first-order chi connectivity index (χ1) is 14.1. The zero-order valence-electron chi connectivity index (χ0n) is 15.7. The Labute approximate surface area is 167 Å². The highest BCUT2D eigenvalue weighted by molar-refractivity contribution is 5.86. The summed E-state index contributed by atoms with van der Waals surface area (Å²) < 4.78 is 6.85. The summed E-state index contributed by atoms with van der Waals surface area (Å²) in [5, 5.41) is 18.8. The molecule has 148 valence electrons. The van der Waals surface area contributed by atoms with Crippen molar-refractivity contribution in [3.8, 4) is 0 Å². The fourth-order valence-electron chi connectivity index (χ4n) is 2.64. The molecule has 3 aromatic rings. The highest BCUT2D eigenvalue weighted by atomic mass is 16.6. The summed E-state index contributed by atoms with van der Waals surface area (Å²) in [5.41, 5.74) is 2.68. The summed E-state index contributed by atoms with van der Waals surface area (Å²) in [6, 6.07) is 15.9. The summed E-state index contributed by atoms with van der Waals surface area (Å²) in [4.78, 5) is 22.0. The molecule has 3 rings (SSSR count). The second kappa shape index (κ2) is 9.93. The van der Waals surface area contributed by atoms with Crippen molar-refractivity contribution < 1.29 is 14.5 Å². The number of nitrogens with zero attached hydrogens (tertiary/aromatic N) is 4. The van der Waals surface area contributed by atoms with Crippen LogP contribution in [0.3, 0.4) is 0 Å². The molecule has 0 aliphatic rings. The quantitative estimate of drug-likeness (QED) is 0.182. The zero-order valence-corrected chi connectivity index (χ0v) is 15.7. The molecule has 8 nitrogen and oxygen atoms in total. The van der Waals surface area contributed by atoms with E-state index in [0.717, 1.165) is 16.8 Å². The van der Waals surface area contributed by atoms with Gasteiger partial charge < -0.3 is 4.74 Å². The van der Waals surface area contributed by atoms with E-state index in [2.05, 4.69) is 10.3 Å². The van der Waals surface area contributed by atoms with Crippen LogP contribution in [0.1, 0.15) is 23.2 Å². The third-order valence-electron chi connectivity index (χ3n) is 4.11. The predicted molar refractivity (Wildman–Crippen MR) is 107 cm³/mol. The lowest BCUT2D eigenvalue weighted by Crippen LogP contribution is -2.03. The highest BCUT2D eigenvalue weighted by Gasteiger charge is 2.06. The number of hydrogen-bond donors (Lipinski definition) is 0. The fourth-order valence-corrected chi connectivity index (χ4v) is 2.64. The van der Waals surface area contributed by atoms with Gasteiger partial charge in [0.05, 0.1) is 23.8 Å². The van der Waals surface area contributed by atoms with Gasteiger partial charge in [-0.15, -0.1) is 5.10 Å². The van der Waals surface area contributed by atoms with E-state index < -0.39 is 4.92 Å². The van der Waals surface area contributed by atoms with Crippen LogP contribution in [0.4, 0.5) is 5.69 Å². The average Bonchev–Trinajstić information content (AvgIpc) is 3.18. The largest absolute Gasteiger partial charge is 0.463 e. The van der Waals surface area contributed by atoms with Crippen LogP contribution in [0.25, 0.3) is 6.08 Å². The number of rotatable bonds is 9. The Hall–Kier alpha value is -3.81. The molecule has 0 saturated carbocycles.